The Labute approximate surface area is 102 Å². The molecule has 0 aromatic heterocycles. The number of hydrogen-bond acceptors (Lipinski definition) is 2. The van der Waals surface area contributed by atoms with Gasteiger partial charge in [-0.25, -0.2) is 4.39 Å². The fourth-order valence-corrected chi connectivity index (χ4v) is 2.34. The highest BCUT2D eigenvalue weighted by molar-refractivity contribution is 5.22. The molecule has 1 aliphatic carbocycles. The monoisotopic (exact) mass is 237 g/mol. The summed E-state index contributed by atoms with van der Waals surface area (Å²) in [4.78, 5) is 0. The number of ether oxygens (including phenoxy) is 1. The van der Waals surface area contributed by atoms with Gasteiger partial charge < -0.3 is 10.1 Å². The normalized spacial score (nSPS) is 19.0. The minimum absolute atomic E-state index is 0.165. The van der Waals surface area contributed by atoms with E-state index in [9.17, 15) is 4.39 Å². The van der Waals surface area contributed by atoms with Crippen LogP contribution in [0.15, 0.2) is 24.3 Å². The van der Waals surface area contributed by atoms with Crippen molar-refractivity contribution in [2.45, 2.75) is 31.9 Å². The Balaban J connectivity index is 2.17. The molecule has 1 aromatic rings. The van der Waals surface area contributed by atoms with Gasteiger partial charge in [0.25, 0.3) is 0 Å². The quantitative estimate of drug-likeness (QED) is 0.821. The third-order valence-electron chi connectivity index (χ3n) is 3.34. The van der Waals surface area contributed by atoms with Crippen LogP contribution in [0.4, 0.5) is 4.39 Å². The lowest BCUT2D eigenvalue weighted by molar-refractivity contribution is 0.0511. The fraction of sp³-hybridized carbons (Fsp3) is 0.571. The molecule has 2 nitrogen and oxygen atoms in total. The van der Waals surface area contributed by atoms with E-state index in [2.05, 4.69) is 12.2 Å². The highest BCUT2D eigenvalue weighted by Crippen LogP contribution is 2.39. The van der Waals surface area contributed by atoms with E-state index in [1.54, 1.807) is 7.11 Å². The van der Waals surface area contributed by atoms with Crippen molar-refractivity contribution in [3.63, 3.8) is 0 Å². The van der Waals surface area contributed by atoms with Gasteiger partial charge in [0.1, 0.15) is 5.82 Å². The molecular weight excluding hydrogens is 217 g/mol. The van der Waals surface area contributed by atoms with Crippen molar-refractivity contribution in [2.24, 2.45) is 5.92 Å². The van der Waals surface area contributed by atoms with E-state index in [1.165, 1.54) is 25.0 Å². The summed E-state index contributed by atoms with van der Waals surface area (Å²) in [7, 11) is 1.76. The zero-order valence-corrected chi connectivity index (χ0v) is 10.4. The van der Waals surface area contributed by atoms with Crippen molar-refractivity contribution in [3.8, 4) is 0 Å². The first kappa shape index (κ1) is 12.5. The van der Waals surface area contributed by atoms with Crippen LogP contribution in [0.3, 0.4) is 0 Å². The van der Waals surface area contributed by atoms with Crippen LogP contribution in [-0.4, -0.2) is 19.8 Å². The summed E-state index contributed by atoms with van der Waals surface area (Å²) in [5.74, 6) is 0.457. The molecule has 1 N–H and O–H groups in total. The largest absolute Gasteiger partial charge is 0.379 e. The zero-order valence-electron chi connectivity index (χ0n) is 10.4. The van der Waals surface area contributed by atoms with Crippen LogP contribution in [0, 0.1) is 11.7 Å². The number of nitrogens with one attached hydrogen (secondary N) is 1. The maximum Gasteiger partial charge on any atom is 0.123 e. The standard InChI is InChI=1S/C14H20FNO/c1-3-16-13(14(17-2)11-4-5-11)10-6-8-12(15)9-7-10/h6-9,11,13-14,16H,3-5H2,1-2H3. The average molecular weight is 237 g/mol. The molecule has 94 valence electrons. The molecule has 2 rings (SSSR count). The fourth-order valence-electron chi connectivity index (χ4n) is 2.34. The number of rotatable bonds is 6. The SMILES string of the molecule is CCNC(c1ccc(F)cc1)C(OC)C1CC1. The van der Waals surface area contributed by atoms with Gasteiger partial charge in [-0.2, -0.15) is 0 Å². The topological polar surface area (TPSA) is 21.3 Å². The minimum atomic E-state index is -0.190. The van der Waals surface area contributed by atoms with Gasteiger partial charge in [0.15, 0.2) is 0 Å². The van der Waals surface area contributed by atoms with Crippen molar-refractivity contribution >= 4 is 0 Å². The summed E-state index contributed by atoms with van der Waals surface area (Å²) in [6.07, 6.45) is 2.67. The minimum Gasteiger partial charge on any atom is -0.379 e. The Kier molecular flexibility index (Phi) is 4.13. The second-order valence-corrected chi connectivity index (χ2v) is 4.62. The van der Waals surface area contributed by atoms with Gasteiger partial charge in [-0.3, -0.25) is 0 Å². The smallest absolute Gasteiger partial charge is 0.123 e. The Morgan fingerprint density at radius 3 is 2.47 bits per heavy atom. The van der Waals surface area contributed by atoms with Crippen LogP contribution >= 0.6 is 0 Å². The van der Waals surface area contributed by atoms with Gasteiger partial charge in [0, 0.05) is 7.11 Å². The summed E-state index contributed by atoms with van der Waals surface area (Å²) < 4.78 is 18.6. The molecule has 2 unspecified atom stereocenters. The lowest BCUT2D eigenvalue weighted by atomic mass is 9.98. The van der Waals surface area contributed by atoms with Crippen molar-refractivity contribution in [2.75, 3.05) is 13.7 Å². The predicted octanol–water partition coefficient (Wildman–Crippen LogP) is 2.90. The van der Waals surface area contributed by atoms with E-state index in [0.29, 0.717) is 5.92 Å². The van der Waals surface area contributed by atoms with Crippen LogP contribution in [0.5, 0.6) is 0 Å². The molecule has 0 spiro atoms. The summed E-state index contributed by atoms with van der Waals surface area (Å²) in [5, 5.41) is 3.44. The molecule has 3 heteroatoms. The maximum atomic E-state index is 12.9. The van der Waals surface area contributed by atoms with Crippen molar-refractivity contribution in [1.29, 1.82) is 0 Å². The van der Waals surface area contributed by atoms with Crippen LogP contribution < -0.4 is 5.32 Å². The summed E-state index contributed by atoms with van der Waals surface area (Å²) in [6, 6.07) is 6.88. The molecule has 0 saturated heterocycles. The first-order valence-corrected chi connectivity index (χ1v) is 6.28. The summed E-state index contributed by atoms with van der Waals surface area (Å²) >= 11 is 0. The third kappa shape index (κ3) is 3.05. The number of likely N-dealkylation sites (N-methyl/N-ethyl adjacent to an activating group) is 1. The van der Waals surface area contributed by atoms with Crippen LogP contribution in [0.1, 0.15) is 31.4 Å². The summed E-state index contributed by atoms with van der Waals surface area (Å²) in [5.41, 5.74) is 1.10. The Bertz CT molecular complexity index is 348. The average Bonchev–Trinajstić information content (AvgIpc) is 3.15. The lowest BCUT2D eigenvalue weighted by Gasteiger charge is -2.27. The van der Waals surface area contributed by atoms with Gasteiger partial charge in [-0.15, -0.1) is 0 Å². The molecule has 0 aliphatic heterocycles. The number of benzene rings is 1. The van der Waals surface area contributed by atoms with E-state index < -0.39 is 0 Å². The Hall–Kier alpha value is -0.930. The van der Waals surface area contributed by atoms with Gasteiger partial charge in [-0.1, -0.05) is 19.1 Å². The first-order chi connectivity index (χ1) is 8.26. The first-order valence-electron chi connectivity index (χ1n) is 6.28. The second kappa shape index (κ2) is 5.61. The van der Waals surface area contributed by atoms with Gasteiger partial charge in [-0.05, 0) is 43.0 Å². The van der Waals surface area contributed by atoms with E-state index in [0.717, 1.165) is 12.1 Å². The molecule has 1 aliphatic rings. The van der Waals surface area contributed by atoms with E-state index >= 15 is 0 Å². The van der Waals surface area contributed by atoms with Gasteiger partial charge in [0.2, 0.25) is 0 Å². The van der Waals surface area contributed by atoms with Crippen LogP contribution in [0.2, 0.25) is 0 Å². The molecule has 1 fully saturated rings. The number of halogens is 1. The molecule has 0 bridgehead atoms. The Morgan fingerprint density at radius 1 is 1.35 bits per heavy atom. The molecule has 17 heavy (non-hydrogen) atoms. The molecule has 0 heterocycles. The Morgan fingerprint density at radius 2 is 2.00 bits per heavy atom. The molecule has 2 atom stereocenters. The van der Waals surface area contributed by atoms with Gasteiger partial charge >= 0.3 is 0 Å². The van der Waals surface area contributed by atoms with Crippen molar-refractivity contribution < 1.29 is 9.13 Å². The predicted molar refractivity (Wildman–Crippen MR) is 66.3 cm³/mol. The third-order valence-corrected chi connectivity index (χ3v) is 3.34. The van der Waals surface area contributed by atoms with Crippen molar-refractivity contribution in [1.82, 2.24) is 5.32 Å². The maximum absolute atomic E-state index is 12.9. The van der Waals surface area contributed by atoms with E-state index in [4.69, 9.17) is 4.74 Å². The lowest BCUT2D eigenvalue weighted by Crippen LogP contribution is -2.34. The van der Waals surface area contributed by atoms with E-state index in [-0.39, 0.29) is 18.0 Å². The van der Waals surface area contributed by atoms with Gasteiger partial charge in [0.05, 0.1) is 12.1 Å². The van der Waals surface area contributed by atoms with Crippen molar-refractivity contribution in [3.05, 3.63) is 35.6 Å². The second-order valence-electron chi connectivity index (χ2n) is 4.62. The molecule has 1 aromatic carbocycles. The molecule has 0 amide bonds. The van der Waals surface area contributed by atoms with Crippen LogP contribution in [-0.2, 0) is 4.74 Å². The highest BCUT2D eigenvalue weighted by Gasteiger charge is 2.37. The molecular formula is C14H20FNO. The number of methoxy groups -OCH3 is 1. The molecule has 0 radical (unpaired) electrons. The van der Waals surface area contributed by atoms with E-state index in [1.807, 2.05) is 12.1 Å². The van der Waals surface area contributed by atoms with Crippen LogP contribution in [0.25, 0.3) is 0 Å². The number of hydrogen-bond donors (Lipinski definition) is 1. The highest BCUT2D eigenvalue weighted by atomic mass is 19.1. The molecule has 1 saturated carbocycles. The zero-order chi connectivity index (χ0) is 12.3. The summed E-state index contributed by atoms with van der Waals surface area (Å²) in [6.45, 7) is 2.96.